The molecule has 0 aliphatic rings. The lowest BCUT2D eigenvalue weighted by molar-refractivity contribution is -0.114. The Labute approximate surface area is 74.4 Å². The Morgan fingerprint density at radius 1 is 1.54 bits per heavy atom. The van der Waals surface area contributed by atoms with Gasteiger partial charge in [-0.05, 0) is 12.1 Å². The summed E-state index contributed by atoms with van der Waals surface area (Å²) in [7, 11) is 0. The second kappa shape index (κ2) is 2.85. The molecule has 13 heavy (non-hydrogen) atoms. The highest BCUT2D eigenvalue weighted by molar-refractivity contribution is 5.86. The van der Waals surface area contributed by atoms with Gasteiger partial charge in [0.15, 0.2) is 5.65 Å². The highest BCUT2D eigenvalue weighted by Gasteiger charge is 2.02. The zero-order valence-electron chi connectivity index (χ0n) is 7.06. The summed E-state index contributed by atoms with van der Waals surface area (Å²) >= 11 is 0. The van der Waals surface area contributed by atoms with E-state index in [1.54, 1.807) is 10.7 Å². The van der Waals surface area contributed by atoms with Crippen LogP contribution in [0.25, 0.3) is 5.65 Å². The highest BCUT2D eigenvalue weighted by Crippen LogP contribution is 2.03. The Bertz CT molecular complexity index is 415. The van der Waals surface area contributed by atoms with E-state index in [9.17, 15) is 4.79 Å². The van der Waals surface area contributed by atoms with Crippen LogP contribution in [0.5, 0.6) is 0 Å². The van der Waals surface area contributed by atoms with Gasteiger partial charge in [-0.25, -0.2) is 4.52 Å². The minimum atomic E-state index is -0.170. The molecule has 0 bridgehead atoms. The van der Waals surface area contributed by atoms with Crippen LogP contribution in [0.4, 0.5) is 5.95 Å². The van der Waals surface area contributed by atoms with E-state index in [1.165, 1.54) is 6.92 Å². The predicted octanol–water partition coefficient (Wildman–Crippen LogP) is 0.688. The molecule has 0 aliphatic heterocycles. The number of aromatic nitrogens is 3. The van der Waals surface area contributed by atoms with Gasteiger partial charge in [-0.1, -0.05) is 6.07 Å². The van der Waals surface area contributed by atoms with E-state index in [0.29, 0.717) is 11.6 Å². The SMILES string of the molecule is CC(=O)Nc1nc2ccccn2n1. The molecule has 0 radical (unpaired) electrons. The maximum absolute atomic E-state index is 10.7. The zero-order valence-corrected chi connectivity index (χ0v) is 7.06. The molecule has 1 N–H and O–H groups in total. The van der Waals surface area contributed by atoms with Gasteiger partial charge in [0.2, 0.25) is 11.9 Å². The second-order valence-corrected chi connectivity index (χ2v) is 2.62. The van der Waals surface area contributed by atoms with E-state index in [-0.39, 0.29) is 5.91 Å². The summed E-state index contributed by atoms with van der Waals surface area (Å²) in [6.45, 7) is 1.42. The number of anilines is 1. The molecule has 5 heteroatoms. The number of carbonyl (C=O) groups excluding carboxylic acids is 1. The van der Waals surface area contributed by atoms with Crippen molar-refractivity contribution in [3.05, 3.63) is 24.4 Å². The first-order valence-corrected chi connectivity index (χ1v) is 3.85. The predicted molar refractivity (Wildman–Crippen MR) is 47.3 cm³/mol. The summed E-state index contributed by atoms with van der Waals surface area (Å²) < 4.78 is 1.60. The topological polar surface area (TPSA) is 59.3 Å². The standard InChI is InChI=1S/C8H8N4O/c1-6(13)9-8-10-7-4-2-3-5-12(7)11-8/h2-5H,1H3,(H,9,11,13). The highest BCUT2D eigenvalue weighted by atomic mass is 16.1. The van der Waals surface area contributed by atoms with Gasteiger partial charge in [0.1, 0.15) is 0 Å². The summed E-state index contributed by atoms with van der Waals surface area (Å²) in [4.78, 5) is 14.8. The molecule has 5 nitrogen and oxygen atoms in total. The van der Waals surface area contributed by atoms with Crippen LogP contribution in [0.15, 0.2) is 24.4 Å². The van der Waals surface area contributed by atoms with E-state index in [1.807, 2.05) is 18.2 Å². The lowest BCUT2D eigenvalue weighted by Crippen LogP contribution is -2.07. The molecule has 2 aromatic rings. The van der Waals surface area contributed by atoms with Crippen LogP contribution in [0.2, 0.25) is 0 Å². The Balaban J connectivity index is 2.44. The lowest BCUT2D eigenvalue weighted by atomic mass is 10.5. The number of pyridine rings is 1. The van der Waals surface area contributed by atoms with Crippen molar-refractivity contribution < 1.29 is 4.79 Å². The molecule has 0 atom stereocenters. The number of nitrogens with zero attached hydrogens (tertiary/aromatic N) is 3. The summed E-state index contributed by atoms with van der Waals surface area (Å²) in [6.07, 6.45) is 1.77. The molecule has 0 aliphatic carbocycles. The minimum absolute atomic E-state index is 0.170. The van der Waals surface area contributed by atoms with E-state index in [0.717, 1.165) is 0 Å². The molecule has 0 unspecified atom stereocenters. The Kier molecular flexibility index (Phi) is 1.70. The quantitative estimate of drug-likeness (QED) is 0.695. The largest absolute Gasteiger partial charge is 0.293 e. The van der Waals surface area contributed by atoms with E-state index < -0.39 is 0 Å². The van der Waals surface area contributed by atoms with Crippen molar-refractivity contribution in [3.8, 4) is 0 Å². The fraction of sp³-hybridized carbons (Fsp3) is 0.125. The number of hydrogen-bond acceptors (Lipinski definition) is 3. The molecule has 2 rings (SSSR count). The van der Waals surface area contributed by atoms with Crippen LogP contribution in [0.1, 0.15) is 6.92 Å². The van der Waals surface area contributed by atoms with Crippen molar-refractivity contribution >= 4 is 17.5 Å². The normalized spacial score (nSPS) is 10.2. The van der Waals surface area contributed by atoms with Crippen LogP contribution in [-0.2, 0) is 4.79 Å². The molecule has 0 aromatic carbocycles. The number of amides is 1. The third-order valence-corrected chi connectivity index (χ3v) is 1.53. The molecule has 0 spiro atoms. The maximum Gasteiger partial charge on any atom is 0.249 e. The molecule has 0 saturated carbocycles. The monoisotopic (exact) mass is 176 g/mol. The molecular weight excluding hydrogens is 168 g/mol. The first-order valence-electron chi connectivity index (χ1n) is 3.85. The van der Waals surface area contributed by atoms with E-state index >= 15 is 0 Å². The number of fused-ring (bicyclic) bond motifs is 1. The summed E-state index contributed by atoms with van der Waals surface area (Å²) in [6, 6.07) is 5.53. The van der Waals surface area contributed by atoms with Crippen LogP contribution >= 0.6 is 0 Å². The van der Waals surface area contributed by atoms with E-state index in [4.69, 9.17) is 0 Å². The Morgan fingerprint density at radius 3 is 3.08 bits per heavy atom. The van der Waals surface area contributed by atoms with Crippen LogP contribution in [0, 0.1) is 0 Å². The average molecular weight is 176 g/mol. The Morgan fingerprint density at radius 2 is 2.38 bits per heavy atom. The van der Waals surface area contributed by atoms with Crippen molar-refractivity contribution in [2.24, 2.45) is 0 Å². The number of hydrogen-bond donors (Lipinski definition) is 1. The van der Waals surface area contributed by atoms with Gasteiger partial charge in [0, 0.05) is 13.1 Å². The molecule has 2 heterocycles. The van der Waals surface area contributed by atoms with Crippen LogP contribution in [0.3, 0.4) is 0 Å². The number of rotatable bonds is 1. The van der Waals surface area contributed by atoms with Crippen LogP contribution in [-0.4, -0.2) is 20.5 Å². The molecule has 66 valence electrons. The van der Waals surface area contributed by atoms with Gasteiger partial charge in [-0.3, -0.25) is 10.1 Å². The Hall–Kier alpha value is -1.91. The first kappa shape index (κ1) is 7.72. The van der Waals surface area contributed by atoms with Crippen LogP contribution < -0.4 is 5.32 Å². The average Bonchev–Trinajstić information content (AvgIpc) is 2.44. The maximum atomic E-state index is 10.7. The van der Waals surface area contributed by atoms with E-state index in [2.05, 4.69) is 15.4 Å². The zero-order chi connectivity index (χ0) is 9.26. The molecule has 0 fully saturated rings. The summed E-state index contributed by atoms with van der Waals surface area (Å²) in [5.41, 5.74) is 0.714. The molecule has 0 saturated heterocycles. The second-order valence-electron chi connectivity index (χ2n) is 2.62. The van der Waals surface area contributed by atoms with Crippen molar-refractivity contribution in [1.29, 1.82) is 0 Å². The number of carbonyl (C=O) groups is 1. The van der Waals surface area contributed by atoms with Gasteiger partial charge in [-0.2, -0.15) is 4.98 Å². The first-order chi connectivity index (χ1) is 6.25. The van der Waals surface area contributed by atoms with Gasteiger partial charge >= 0.3 is 0 Å². The summed E-state index contributed by atoms with van der Waals surface area (Å²) in [5.74, 6) is 0.162. The van der Waals surface area contributed by atoms with Gasteiger partial charge in [-0.15, -0.1) is 5.10 Å². The van der Waals surface area contributed by atoms with Crippen molar-refractivity contribution in [2.45, 2.75) is 6.92 Å². The summed E-state index contributed by atoms with van der Waals surface area (Å²) in [5, 5.41) is 6.54. The van der Waals surface area contributed by atoms with Gasteiger partial charge in [0.25, 0.3) is 0 Å². The smallest absolute Gasteiger partial charge is 0.249 e. The fourth-order valence-electron chi connectivity index (χ4n) is 1.04. The van der Waals surface area contributed by atoms with Crippen molar-refractivity contribution in [1.82, 2.24) is 14.6 Å². The third kappa shape index (κ3) is 1.48. The number of nitrogens with one attached hydrogen (secondary N) is 1. The van der Waals surface area contributed by atoms with Gasteiger partial charge in [0.05, 0.1) is 0 Å². The minimum Gasteiger partial charge on any atom is -0.293 e. The fourth-order valence-corrected chi connectivity index (χ4v) is 1.04. The molecule has 1 amide bonds. The van der Waals surface area contributed by atoms with Crippen molar-refractivity contribution in [2.75, 3.05) is 5.32 Å². The molecule has 2 aromatic heterocycles. The van der Waals surface area contributed by atoms with Gasteiger partial charge < -0.3 is 0 Å². The third-order valence-electron chi connectivity index (χ3n) is 1.53. The molecular formula is C8H8N4O. The lowest BCUT2D eigenvalue weighted by Gasteiger charge is -1.90. The van der Waals surface area contributed by atoms with Crippen molar-refractivity contribution in [3.63, 3.8) is 0 Å².